The third-order valence-electron chi connectivity index (χ3n) is 3.04. The van der Waals surface area contributed by atoms with Crippen LogP contribution in [0.15, 0.2) is 18.2 Å². The number of hydrogen-bond donors (Lipinski definition) is 0. The zero-order chi connectivity index (χ0) is 13.1. The molecule has 0 bridgehead atoms. The lowest BCUT2D eigenvalue weighted by atomic mass is 10.2. The van der Waals surface area contributed by atoms with Gasteiger partial charge in [-0.1, -0.05) is 6.92 Å². The van der Waals surface area contributed by atoms with Gasteiger partial charge in [-0.05, 0) is 47.2 Å². The van der Waals surface area contributed by atoms with Crippen molar-refractivity contribution in [2.75, 3.05) is 18.8 Å². The first-order chi connectivity index (χ1) is 8.61. The molecule has 0 saturated carbocycles. The Labute approximate surface area is 124 Å². The van der Waals surface area contributed by atoms with Gasteiger partial charge in [0.05, 0.1) is 5.56 Å². The van der Waals surface area contributed by atoms with Gasteiger partial charge in [0, 0.05) is 27.7 Å². The Morgan fingerprint density at radius 1 is 1.61 bits per heavy atom. The molecule has 98 valence electrons. The average Bonchev–Trinajstić information content (AvgIpc) is 2.38. The first kappa shape index (κ1) is 14.1. The maximum Gasteiger partial charge on any atom is 0.254 e. The summed E-state index contributed by atoms with van der Waals surface area (Å²) < 4.78 is 13.7. The molecule has 1 atom stereocenters. The van der Waals surface area contributed by atoms with Crippen molar-refractivity contribution in [1.29, 1.82) is 0 Å². The first-order valence-electron chi connectivity index (χ1n) is 5.97. The maximum atomic E-state index is 13.0. The fraction of sp³-hybridized carbons (Fsp3) is 0.462. The molecule has 0 N–H and O–H groups in total. The lowest BCUT2D eigenvalue weighted by Gasteiger charge is -2.32. The van der Waals surface area contributed by atoms with Crippen LogP contribution in [0, 0.1) is 9.39 Å². The Bertz CT molecular complexity index is 455. The molecule has 1 heterocycles. The molecule has 0 aliphatic carbocycles. The number of halogens is 2. The maximum absolute atomic E-state index is 13.0. The largest absolute Gasteiger partial charge is 0.337 e. The summed E-state index contributed by atoms with van der Waals surface area (Å²) in [6.07, 6.45) is 1.08. The first-order valence-corrected chi connectivity index (χ1v) is 8.10. The average molecular weight is 379 g/mol. The molecule has 0 aromatic heterocycles. The van der Waals surface area contributed by atoms with Crippen molar-refractivity contribution in [1.82, 2.24) is 4.90 Å². The van der Waals surface area contributed by atoms with Gasteiger partial charge < -0.3 is 4.90 Å². The van der Waals surface area contributed by atoms with E-state index in [1.165, 1.54) is 12.1 Å². The van der Waals surface area contributed by atoms with Crippen molar-refractivity contribution >= 4 is 40.3 Å². The second kappa shape index (κ2) is 6.23. The van der Waals surface area contributed by atoms with Gasteiger partial charge >= 0.3 is 0 Å². The quantitative estimate of drug-likeness (QED) is 0.735. The number of amides is 1. The molecule has 0 spiro atoms. The van der Waals surface area contributed by atoms with Crippen LogP contribution >= 0.6 is 34.4 Å². The normalized spacial score (nSPS) is 19.9. The molecule has 18 heavy (non-hydrogen) atoms. The molecule has 0 radical (unpaired) electrons. The van der Waals surface area contributed by atoms with Gasteiger partial charge in [-0.25, -0.2) is 4.39 Å². The number of hydrogen-bond acceptors (Lipinski definition) is 2. The molecule has 1 aromatic carbocycles. The van der Waals surface area contributed by atoms with E-state index in [1.54, 1.807) is 6.07 Å². The summed E-state index contributed by atoms with van der Waals surface area (Å²) in [6.45, 7) is 3.73. The summed E-state index contributed by atoms with van der Waals surface area (Å²) in [5.41, 5.74) is 0.610. The van der Waals surface area contributed by atoms with E-state index in [4.69, 9.17) is 0 Å². The van der Waals surface area contributed by atoms with Crippen molar-refractivity contribution in [3.05, 3.63) is 33.1 Å². The molecule has 1 aliphatic rings. The van der Waals surface area contributed by atoms with E-state index in [0.717, 1.165) is 25.3 Å². The van der Waals surface area contributed by atoms with E-state index >= 15 is 0 Å². The third kappa shape index (κ3) is 3.17. The van der Waals surface area contributed by atoms with Crippen LogP contribution in [0.25, 0.3) is 0 Å². The highest BCUT2D eigenvalue weighted by Crippen LogP contribution is 2.24. The standard InChI is InChI=1S/C13H15FINOS/c1-2-10-8-16(5-6-18-10)13(17)11-4-3-9(14)7-12(11)15/h3-4,7,10H,2,5-6,8H2,1H3. The van der Waals surface area contributed by atoms with E-state index in [9.17, 15) is 9.18 Å². The Hall–Kier alpha value is -0.300. The van der Waals surface area contributed by atoms with Crippen LogP contribution in [0.2, 0.25) is 0 Å². The third-order valence-corrected chi connectivity index (χ3v) is 5.31. The predicted octanol–water partition coefficient (Wildman–Crippen LogP) is 3.40. The smallest absolute Gasteiger partial charge is 0.254 e. The van der Waals surface area contributed by atoms with E-state index in [0.29, 0.717) is 14.4 Å². The van der Waals surface area contributed by atoms with Gasteiger partial charge in [0.15, 0.2) is 0 Å². The molecule has 1 saturated heterocycles. The number of carbonyl (C=O) groups is 1. The van der Waals surface area contributed by atoms with Crippen LogP contribution in [0.4, 0.5) is 4.39 Å². The Balaban J connectivity index is 2.15. The molecule has 2 rings (SSSR count). The Morgan fingerprint density at radius 3 is 3.06 bits per heavy atom. The zero-order valence-corrected chi connectivity index (χ0v) is 13.1. The lowest BCUT2D eigenvalue weighted by molar-refractivity contribution is 0.0760. The number of benzene rings is 1. The summed E-state index contributed by atoms with van der Waals surface area (Å²) in [5, 5.41) is 0.529. The number of nitrogens with zero attached hydrogens (tertiary/aromatic N) is 1. The number of thioether (sulfide) groups is 1. The Morgan fingerprint density at radius 2 is 2.39 bits per heavy atom. The van der Waals surface area contributed by atoms with Crippen LogP contribution in [0.1, 0.15) is 23.7 Å². The van der Waals surface area contributed by atoms with Crippen LogP contribution < -0.4 is 0 Å². The van der Waals surface area contributed by atoms with E-state index in [-0.39, 0.29) is 11.7 Å². The molecule has 2 nitrogen and oxygen atoms in total. The highest BCUT2D eigenvalue weighted by molar-refractivity contribution is 14.1. The molecule has 1 fully saturated rings. The zero-order valence-electron chi connectivity index (χ0n) is 10.2. The Kier molecular flexibility index (Phi) is 4.89. The highest BCUT2D eigenvalue weighted by atomic mass is 127. The predicted molar refractivity (Wildman–Crippen MR) is 81.6 cm³/mol. The molecular weight excluding hydrogens is 364 g/mol. The van der Waals surface area contributed by atoms with Gasteiger partial charge in [-0.2, -0.15) is 11.8 Å². The lowest BCUT2D eigenvalue weighted by Crippen LogP contribution is -2.42. The van der Waals surface area contributed by atoms with Crippen molar-refractivity contribution in [3.63, 3.8) is 0 Å². The van der Waals surface area contributed by atoms with Crippen LogP contribution in [0.5, 0.6) is 0 Å². The van der Waals surface area contributed by atoms with Crippen molar-refractivity contribution in [2.24, 2.45) is 0 Å². The second-order valence-electron chi connectivity index (χ2n) is 4.28. The van der Waals surface area contributed by atoms with Gasteiger partial charge in [0.25, 0.3) is 5.91 Å². The molecule has 1 aliphatic heterocycles. The highest BCUT2D eigenvalue weighted by Gasteiger charge is 2.25. The summed E-state index contributed by atoms with van der Waals surface area (Å²) in [7, 11) is 0. The fourth-order valence-electron chi connectivity index (χ4n) is 1.98. The van der Waals surface area contributed by atoms with E-state index in [2.05, 4.69) is 6.92 Å². The van der Waals surface area contributed by atoms with Gasteiger partial charge in [-0.3, -0.25) is 4.79 Å². The molecular formula is C13H15FINOS. The van der Waals surface area contributed by atoms with Crippen molar-refractivity contribution in [2.45, 2.75) is 18.6 Å². The van der Waals surface area contributed by atoms with Gasteiger partial charge in [0.2, 0.25) is 0 Å². The minimum Gasteiger partial charge on any atom is -0.337 e. The second-order valence-corrected chi connectivity index (χ2v) is 6.85. The van der Waals surface area contributed by atoms with Crippen LogP contribution in [-0.4, -0.2) is 34.9 Å². The summed E-state index contributed by atoms with van der Waals surface area (Å²) in [4.78, 5) is 14.3. The molecule has 1 aromatic rings. The summed E-state index contributed by atoms with van der Waals surface area (Å²) in [6, 6.07) is 4.34. The van der Waals surface area contributed by atoms with Gasteiger partial charge in [0.1, 0.15) is 5.82 Å². The van der Waals surface area contributed by atoms with Crippen LogP contribution in [0.3, 0.4) is 0 Å². The minimum absolute atomic E-state index is 0.0261. The number of carbonyl (C=O) groups excluding carboxylic acids is 1. The molecule has 1 amide bonds. The van der Waals surface area contributed by atoms with E-state index < -0.39 is 0 Å². The summed E-state index contributed by atoms with van der Waals surface area (Å²) in [5.74, 6) is 0.719. The van der Waals surface area contributed by atoms with Crippen LogP contribution in [-0.2, 0) is 0 Å². The minimum atomic E-state index is -0.295. The number of rotatable bonds is 2. The molecule has 5 heteroatoms. The summed E-state index contributed by atoms with van der Waals surface area (Å²) >= 11 is 3.95. The van der Waals surface area contributed by atoms with Crippen molar-refractivity contribution in [3.8, 4) is 0 Å². The van der Waals surface area contributed by atoms with E-state index in [1.807, 2.05) is 39.3 Å². The van der Waals surface area contributed by atoms with Gasteiger partial charge in [-0.15, -0.1) is 0 Å². The van der Waals surface area contributed by atoms with Crippen molar-refractivity contribution < 1.29 is 9.18 Å². The SMILES string of the molecule is CCC1CN(C(=O)c2ccc(F)cc2I)CCS1. The fourth-order valence-corrected chi connectivity index (χ4v) is 3.87. The monoisotopic (exact) mass is 379 g/mol. The topological polar surface area (TPSA) is 20.3 Å². The molecule has 1 unspecified atom stereocenters.